The van der Waals surface area contributed by atoms with Gasteiger partial charge in [-0.15, -0.1) is 0 Å². The number of aromatic nitrogens is 5. The van der Waals surface area contributed by atoms with Crippen molar-refractivity contribution in [1.29, 1.82) is 0 Å². The Kier molecular flexibility index (Phi) is 4.46. The lowest BCUT2D eigenvalue weighted by Gasteiger charge is -2.14. The minimum absolute atomic E-state index is 0.154. The van der Waals surface area contributed by atoms with Crippen molar-refractivity contribution in [2.45, 2.75) is 26.9 Å². The summed E-state index contributed by atoms with van der Waals surface area (Å²) in [5, 5.41) is 5.13. The Labute approximate surface area is 171 Å². The van der Waals surface area contributed by atoms with E-state index in [-0.39, 0.29) is 5.69 Å². The first-order valence-corrected chi connectivity index (χ1v) is 9.61. The molecule has 0 aliphatic rings. The van der Waals surface area contributed by atoms with E-state index in [4.69, 9.17) is 0 Å². The standard InChI is InChI=1S/C19H16F3N5O2S/c1-9-10(2)23-27(11(9)3)17-13-7-12(5-6-14(13)30-24-17)26-16(28)8-15(19(20,21)22)25(4)18(26)29/h5-8H,1-4H3. The molecule has 3 heterocycles. The second kappa shape index (κ2) is 6.66. The molecule has 0 fully saturated rings. The van der Waals surface area contributed by atoms with Gasteiger partial charge in [0.2, 0.25) is 0 Å². The van der Waals surface area contributed by atoms with Gasteiger partial charge in [-0.05, 0) is 56.1 Å². The van der Waals surface area contributed by atoms with E-state index < -0.39 is 23.1 Å². The molecule has 0 N–H and O–H groups in total. The summed E-state index contributed by atoms with van der Waals surface area (Å²) in [5.41, 5.74) is -0.532. The third-order valence-electron chi connectivity index (χ3n) is 5.16. The molecule has 0 unspecified atom stereocenters. The molecule has 7 nitrogen and oxygen atoms in total. The summed E-state index contributed by atoms with van der Waals surface area (Å²) < 4.78 is 47.3. The highest BCUT2D eigenvalue weighted by Crippen LogP contribution is 2.30. The zero-order valence-electron chi connectivity index (χ0n) is 16.4. The minimum atomic E-state index is -4.81. The lowest BCUT2D eigenvalue weighted by molar-refractivity contribution is -0.144. The molecule has 30 heavy (non-hydrogen) atoms. The average molecular weight is 435 g/mol. The lowest BCUT2D eigenvalue weighted by atomic mass is 10.2. The Hall–Kier alpha value is -3.21. The predicted molar refractivity (Wildman–Crippen MR) is 107 cm³/mol. The van der Waals surface area contributed by atoms with Gasteiger partial charge in [0.25, 0.3) is 5.56 Å². The van der Waals surface area contributed by atoms with E-state index >= 15 is 0 Å². The van der Waals surface area contributed by atoms with Gasteiger partial charge in [0.15, 0.2) is 5.82 Å². The van der Waals surface area contributed by atoms with Crippen LogP contribution in [0.5, 0.6) is 0 Å². The minimum Gasteiger partial charge on any atom is -0.292 e. The Bertz CT molecular complexity index is 1430. The number of fused-ring (bicyclic) bond motifs is 1. The van der Waals surface area contributed by atoms with Crippen LogP contribution in [0.15, 0.2) is 33.9 Å². The third kappa shape index (κ3) is 2.96. The van der Waals surface area contributed by atoms with E-state index in [2.05, 4.69) is 9.47 Å². The van der Waals surface area contributed by atoms with Gasteiger partial charge in [0.05, 0.1) is 16.1 Å². The lowest BCUT2D eigenvalue weighted by Crippen LogP contribution is -2.40. The molecule has 0 saturated carbocycles. The number of halogens is 3. The van der Waals surface area contributed by atoms with Crippen molar-refractivity contribution in [2.75, 3.05) is 0 Å². The maximum absolute atomic E-state index is 13.1. The van der Waals surface area contributed by atoms with Crippen LogP contribution in [0.3, 0.4) is 0 Å². The summed E-state index contributed by atoms with van der Waals surface area (Å²) in [5.74, 6) is 0.530. The van der Waals surface area contributed by atoms with Crippen LogP contribution in [-0.2, 0) is 13.2 Å². The highest BCUT2D eigenvalue weighted by molar-refractivity contribution is 7.13. The van der Waals surface area contributed by atoms with Crippen molar-refractivity contribution < 1.29 is 13.2 Å². The van der Waals surface area contributed by atoms with Gasteiger partial charge in [0, 0.05) is 24.2 Å². The first-order chi connectivity index (χ1) is 14.0. The molecular formula is C19H16F3N5O2S. The molecule has 0 spiro atoms. The van der Waals surface area contributed by atoms with Gasteiger partial charge in [-0.2, -0.15) is 22.6 Å². The molecular weight excluding hydrogens is 419 g/mol. The van der Waals surface area contributed by atoms with Crippen molar-refractivity contribution in [2.24, 2.45) is 7.05 Å². The van der Waals surface area contributed by atoms with E-state index in [1.165, 1.54) is 17.6 Å². The topological polar surface area (TPSA) is 74.7 Å². The molecule has 0 bridgehead atoms. The van der Waals surface area contributed by atoms with Crippen LogP contribution in [0.25, 0.3) is 21.6 Å². The number of rotatable bonds is 2. The highest BCUT2D eigenvalue weighted by Gasteiger charge is 2.35. The summed E-state index contributed by atoms with van der Waals surface area (Å²) >= 11 is 1.22. The normalized spacial score (nSPS) is 12.1. The maximum Gasteiger partial charge on any atom is 0.431 e. The van der Waals surface area contributed by atoms with Crippen molar-refractivity contribution in [1.82, 2.24) is 23.3 Å². The van der Waals surface area contributed by atoms with Gasteiger partial charge in [0.1, 0.15) is 5.69 Å². The van der Waals surface area contributed by atoms with Crippen LogP contribution in [0.4, 0.5) is 13.2 Å². The molecule has 4 aromatic rings. The molecule has 0 aliphatic heterocycles. The van der Waals surface area contributed by atoms with Crippen LogP contribution in [-0.4, -0.2) is 23.3 Å². The van der Waals surface area contributed by atoms with Crippen molar-refractivity contribution in [3.8, 4) is 11.5 Å². The molecule has 0 aliphatic carbocycles. The molecule has 0 radical (unpaired) electrons. The number of hydrogen-bond acceptors (Lipinski definition) is 5. The fourth-order valence-electron chi connectivity index (χ4n) is 3.27. The molecule has 0 saturated heterocycles. The molecule has 156 valence electrons. The molecule has 3 aromatic heterocycles. The number of nitrogens with zero attached hydrogens (tertiary/aromatic N) is 5. The molecule has 0 amide bonds. The molecule has 4 rings (SSSR count). The molecule has 0 atom stereocenters. The summed E-state index contributed by atoms with van der Waals surface area (Å²) in [6.07, 6.45) is -4.81. The van der Waals surface area contributed by atoms with E-state index in [9.17, 15) is 22.8 Å². The maximum atomic E-state index is 13.1. The van der Waals surface area contributed by atoms with E-state index in [0.29, 0.717) is 26.4 Å². The SMILES string of the molecule is Cc1nn(-c2nsc3ccc(-n4c(=O)cc(C(F)(F)F)n(C)c4=O)cc23)c(C)c1C. The van der Waals surface area contributed by atoms with Crippen molar-refractivity contribution >= 4 is 21.6 Å². The first-order valence-electron chi connectivity index (χ1n) is 8.84. The highest BCUT2D eigenvalue weighted by atomic mass is 32.1. The quantitative estimate of drug-likeness (QED) is 0.484. The van der Waals surface area contributed by atoms with Gasteiger partial charge >= 0.3 is 11.9 Å². The second-order valence-corrected chi connectivity index (χ2v) is 7.74. The monoisotopic (exact) mass is 435 g/mol. The third-order valence-corrected chi connectivity index (χ3v) is 5.97. The molecule has 11 heteroatoms. The van der Waals surface area contributed by atoms with Crippen LogP contribution in [0.1, 0.15) is 22.6 Å². The number of hydrogen-bond donors (Lipinski definition) is 0. The smallest absolute Gasteiger partial charge is 0.292 e. The predicted octanol–water partition coefficient (Wildman–Crippen LogP) is 3.28. The van der Waals surface area contributed by atoms with Crippen LogP contribution in [0, 0.1) is 20.8 Å². The van der Waals surface area contributed by atoms with E-state index in [1.807, 2.05) is 20.8 Å². The Balaban J connectivity index is 1.96. The summed E-state index contributed by atoms with van der Waals surface area (Å²) in [4.78, 5) is 25.0. The number of alkyl halides is 3. The van der Waals surface area contributed by atoms with E-state index in [1.54, 1.807) is 16.8 Å². The summed E-state index contributed by atoms with van der Waals surface area (Å²) in [6, 6.07) is 5.17. The fourth-order valence-corrected chi connectivity index (χ4v) is 4.01. The summed E-state index contributed by atoms with van der Waals surface area (Å²) in [7, 11) is 0.982. The molecule has 1 aromatic carbocycles. The Morgan fingerprint density at radius 1 is 1.07 bits per heavy atom. The van der Waals surface area contributed by atoms with Crippen LogP contribution >= 0.6 is 11.5 Å². The van der Waals surface area contributed by atoms with Crippen molar-refractivity contribution in [3.05, 3.63) is 67.7 Å². The number of aryl methyl sites for hydroxylation is 1. The second-order valence-electron chi connectivity index (χ2n) is 6.94. The zero-order chi connectivity index (χ0) is 22.0. The number of benzene rings is 1. The van der Waals surface area contributed by atoms with Crippen LogP contribution in [0.2, 0.25) is 0 Å². The van der Waals surface area contributed by atoms with Gasteiger partial charge in [-0.1, -0.05) is 0 Å². The zero-order valence-corrected chi connectivity index (χ0v) is 17.2. The Morgan fingerprint density at radius 2 is 1.77 bits per heavy atom. The Morgan fingerprint density at radius 3 is 2.37 bits per heavy atom. The van der Waals surface area contributed by atoms with Gasteiger partial charge in [-0.25, -0.2) is 14.0 Å². The van der Waals surface area contributed by atoms with E-state index in [0.717, 1.165) is 28.7 Å². The first kappa shape index (κ1) is 20.1. The average Bonchev–Trinajstić information content (AvgIpc) is 3.19. The summed E-state index contributed by atoms with van der Waals surface area (Å²) in [6.45, 7) is 5.73. The van der Waals surface area contributed by atoms with Crippen molar-refractivity contribution in [3.63, 3.8) is 0 Å². The largest absolute Gasteiger partial charge is 0.431 e. The van der Waals surface area contributed by atoms with Gasteiger partial charge in [-0.3, -0.25) is 9.36 Å². The van der Waals surface area contributed by atoms with Gasteiger partial charge < -0.3 is 0 Å². The fraction of sp³-hybridized carbons (Fsp3) is 0.263. The van der Waals surface area contributed by atoms with Crippen LogP contribution < -0.4 is 11.2 Å².